The number of nitrogens with one attached hydrogen (secondary N) is 1. The molecule has 0 aromatic heterocycles. The molecule has 0 bridgehead atoms. The van der Waals surface area contributed by atoms with Crippen molar-refractivity contribution in [1.82, 2.24) is 10.2 Å². The lowest BCUT2D eigenvalue weighted by molar-refractivity contribution is -0.141. The highest BCUT2D eigenvalue weighted by Gasteiger charge is 2.52. The van der Waals surface area contributed by atoms with E-state index in [4.69, 9.17) is 0 Å². The molecule has 0 aromatic carbocycles. The van der Waals surface area contributed by atoms with E-state index in [9.17, 15) is 14.7 Å². The van der Waals surface area contributed by atoms with Crippen LogP contribution < -0.4 is 5.32 Å². The SMILES string of the molecule is CC1CC(C)CN(C(=O)CC2(C)NC(C(=O)O)C(C)(C)S2)C1. The second kappa shape index (κ2) is 6.04. The van der Waals surface area contributed by atoms with Gasteiger partial charge in [-0.3, -0.25) is 14.9 Å². The van der Waals surface area contributed by atoms with Crippen LogP contribution in [0, 0.1) is 11.8 Å². The number of carbonyl (C=O) groups is 2. The van der Waals surface area contributed by atoms with Crippen LogP contribution in [0.25, 0.3) is 0 Å². The van der Waals surface area contributed by atoms with Gasteiger partial charge >= 0.3 is 5.97 Å². The third-order valence-corrected chi connectivity index (χ3v) is 6.06. The molecule has 2 heterocycles. The van der Waals surface area contributed by atoms with Gasteiger partial charge < -0.3 is 10.0 Å². The molecule has 5 nitrogen and oxygen atoms in total. The highest BCUT2D eigenvalue weighted by Crippen LogP contribution is 2.46. The second-order valence-electron chi connectivity index (χ2n) is 7.77. The summed E-state index contributed by atoms with van der Waals surface area (Å²) in [5.74, 6) is 0.345. The molecule has 2 saturated heterocycles. The summed E-state index contributed by atoms with van der Waals surface area (Å²) in [6, 6.07) is -0.630. The maximum absolute atomic E-state index is 12.7. The topological polar surface area (TPSA) is 69.6 Å². The van der Waals surface area contributed by atoms with Gasteiger partial charge in [0.15, 0.2) is 0 Å². The van der Waals surface area contributed by atoms with Gasteiger partial charge in [0, 0.05) is 17.8 Å². The van der Waals surface area contributed by atoms with Crippen molar-refractivity contribution >= 4 is 23.6 Å². The predicted octanol–water partition coefficient (Wildman–Crippen LogP) is 2.17. The average molecular weight is 328 g/mol. The summed E-state index contributed by atoms with van der Waals surface area (Å²) in [5, 5.41) is 12.5. The van der Waals surface area contributed by atoms with Crippen molar-refractivity contribution < 1.29 is 14.7 Å². The summed E-state index contributed by atoms with van der Waals surface area (Å²) in [5.41, 5.74) is 0. The second-order valence-corrected chi connectivity index (χ2v) is 9.93. The summed E-state index contributed by atoms with van der Waals surface area (Å²) in [4.78, 5) is 25.5. The van der Waals surface area contributed by atoms with E-state index in [2.05, 4.69) is 19.2 Å². The number of thioether (sulfide) groups is 1. The standard InChI is InChI=1S/C16H28N2O3S/c1-10-6-11(2)9-18(8-10)12(19)7-16(5)17-13(14(20)21)15(3,4)22-16/h10-11,13,17H,6-9H2,1-5H3,(H,20,21). The summed E-state index contributed by atoms with van der Waals surface area (Å²) in [6.45, 7) is 11.8. The van der Waals surface area contributed by atoms with Crippen molar-refractivity contribution in [3.8, 4) is 0 Å². The van der Waals surface area contributed by atoms with Crippen LogP contribution in [0.5, 0.6) is 0 Å². The minimum Gasteiger partial charge on any atom is -0.480 e. The van der Waals surface area contributed by atoms with Crippen LogP contribution in [-0.2, 0) is 9.59 Å². The third kappa shape index (κ3) is 3.77. The molecule has 0 radical (unpaired) electrons. The normalized spacial score (nSPS) is 38.0. The number of nitrogens with zero attached hydrogens (tertiary/aromatic N) is 1. The Morgan fingerprint density at radius 2 is 1.77 bits per heavy atom. The molecule has 126 valence electrons. The molecule has 2 N–H and O–H groups in total. The number of aliphatic carboxylic acids is 1. The fourth-order valence-electron chi connectivity index (χ4n) is 3.86. The van der Waals surface area contributed by atoms with Gasteiger partial charge in [-0.15, -0.1) is 11.8 Å². The molecule has 4 atom stereocenters. The number of hydrogen-bond donors (Lipinski definition) is 2. The highest BCUT2D eigenvalue weighted by atomic mass is 32.2. The Hall–Kier alpha value is -0.750. The molecule has 2 aliphatic rings. The molecular weight excluding hydrogens is 300 g/mol. The predicted molar refractivity (Wildman–Crippen MR) is 88.8 cm³/mol. The Bertz CT molecular complexity index is 458. The Morgan fingerprint density at radius 1 is 1.23 bits per heavy atom. The summed E-state index contributed by atoms with van der Waals surface area (Å²) in [6.07, 6.45) is 1.51. The molecule has 0 aromatic rings. The molecule has 4 unspecified atom stereocenters. The average Bonchev–Trinajstić information content (AvgIpc) is 2.57. The first kappa shape index (κ1) is 17.6. The van der Waals surface area contributed by atoms with E-state index >= 15 is 0 Å². The van der Waals surface area contributed by atoms with Crippen molar-refractivity contribution in [3.63, 3.8) is 0 Å². The van der Waals surface area contributed by atoms with E-state index in [1.807, 2.05) is 25.7 Å². The Morgan fingerprint density at radius 3 is 2.23 bits per heavy atom. The molecule has 6 heteroatoms. The number of carboxylic acid groups (broad SMARTS) is 1. The van der Waals surface area contributed by atoms with Gasteiger partial charge in [0.2, 0.25) is 5.91 Å². The molecule has 0 saturated carbocycles. The maximum atomic E-state index is 12.7. The largest absolute Gasteiger partial charge is 0.480 e. The number of carboxylic acids is 1. The van der Waals surface area contributed by atoms with Gasteiger partial charge in [0.05, 0.1) is 11.3 Å². The minimum absolute atomic E-state index is 0.128. The fraction of sp³-hybridized carbons (Fsp3) is 0.875. The molecule has 22 heavy (non-hydrogen) atoms. The smallest absolute Gasteiger partial charge is 0.322 e. The zero-order valence-corrected chi connectivity index (χ0v) is 15.0. The van der Waals surface area contributed by atoms with Crippen LogP contribution in [0.2, 0.25) is 0 Å². The van der Waals surface area contributed by atoms with Crippen LogP contribution in [0.15, 0.2) is 0 Å². The summed E-state index contributed by atoms with van der Waals surface area (Å²) < 4.78 is -0.427. The Labute approximate surface area is 137 Å². The van der Waals surface area contributed by atoms with E-state index < -0.39 is 21.6 Å². The van der Waals surface area contributed by atoms with Crippen molar-refractivity contribution in [2.24, 2.45) is 11.8 Å². The van der Waals surface area contributed by atoms with Crippen molar-refractivity contribution in [3.05, 3.63) is 0 Å². The van der Waals surface area contributed by atoms with Gasteiger partial charge in [-0.25, -0.2) is 0 Å². The van der Waals surface area contributed by atoms with E-state index in [0.717, 1.165) is 13.1 Å². The van der Waals surface area contributed by atoms with E-state index in [-0.39, 0.29) is 5.91 Å². The number of hydrogen-bond acceptors (Lipinski definition) is 4. The molecule has 2 aliphatic heterocycles. The maximum Gasteiger partial charge on any atom is 0.322 e. The monoisotopic (exact) mass is 328 g/mol. The Kier molecular flexibility index (Phi) is 4.83. The lowest BCUT2D eigenvalue weighted by Crippen LogP contribution is -2.50. The van der Waals surface area contributed by atoms with E-state index in [1.54, 1.807) is 11.8 Å². The first-order chi connectivity index (χ1) is 10.0. The quantitative estimate of drug-likeness (QED) is 0.831. The van der Waals surface area contributed by atoms with Gasteiger partial charge in [-0.2, -0.15) is 0 Å². The lowest BCUT2D eigenvalue weighted by atomic mass is 9.91. The van der Waals surface area contributed by atoms with Gasteiger partial charge in [-0.05, 0) is 39.0 Å². The number of likely N-dealkylation sites (tertiary alicyclic amines) is 1. The van der Waals surface area contributed by atoms with Gasteiger partial charge in [0.1, 0.15) is 6.04 Å². The first-order valence-corrected chi connectivity index (χ1v) is 8.82. The zero-order valence-electron chi connectivity index (χ0n) is 14.2. The van der Waals surface area contributed by atoms with Crippen molar-refractivity contribution in [2.75, 3.05) is 13.1 Å². The van der Waals surface area contributed by atoms with Crippen LogP contribution in [0.1, 0.15) is 47.5 Å². The van der Waals surface area contributed by atoms with Crippen LogP contribution in [-0.4, -0.2) is 50.6 Å². The lowest BCUT2D eigenvalue weighted by Gasteiger charge is -2.37. The van der Waals surface area contributed by atoms with Crippen molar-refractivity contribution in [2.45, 2.75) is 63.1 Å². The first-order valence-electron chi connectivity index (χ1n) is 8.01. The van der Waals surface area contributed by atoms with E-state index in [0.29, 0.717) is 18.3 Å². The highest BCUT2D eigenvalue weighted by molar-refractivity contribution is 8.02. The zero-order chi connectivity index (χ0) is 16.7. The third-order valence-electron chi connectivity index (χ3n) is 4.59. The number of amides is 1. The fourth-order valence-corrected chi connectivity index (χ4v) is 5.67. The molecule has 0 aliphatic carbocycles. The molecule has 2 fully saturated rings. The van der Waals surface area contributed by atoms with E-state index in [1.165, 1.54) is 6.42 Å². The molecule has 0 spiro atoms. The van der Waals surface area contributed by atoms with Gasteiger partial charge in [-0.1, -0.05) is 13.8 Å². The van der Waals surface area contributed by atoms with Crippen LogP contribution in [0.4, 0.5) is 0 Å². The molecule has 1 amide bonds. The summed E-state index contributed by atoms with van der Waals surface area (Å²) in [7, 11) is 0. The number of carbonyl (C=O) groups excluding carboxylic acids is 1. The van der Waals surface area contributed by atoms with Crippen LogP contribution in [0.3, 0.4) is 0 Å². The number of rotatable bonds is 3. The van der Waals surface area contributed by atoms with Gasteiger partial charge in [0.25, 0.3) is 0 Å². The van der Waals surface area contributed by atoms with Crippen LogP contribution >= 0.6 is 11.8 Å². The minimum atomic E-state index is -0.853. The molecule has 2 rings (SSSR count). The summed E-state index contributed by atoms with van der Waals surface area (Å²) >= 11 is 1.56. The Balaban J connectivity index is 2.03. The number of piperidine rings is 1. The van der Waals surface area contributed by atoms with Crippen molar-refractivity contribution in [1.29, 1.82) is 0 Å². The molecular formula is C16H28N2O3S.